The normalized spacial score (nSPS) is 26.6. The number of aliphatic hydroxyl groups excluding tert-OH is 1. The van der Waals surface area contributed by atoms with Crippen molar-refractivity contribution in [2.45, 2.75) is 37.9 Å². The van der Waals surface area contributed by atoms with Crippen LogP contribution in [0.15, 0.2) is 42.5 Å². The summed E-state index contributed by atoms with van der Waals surface area (Å²) in [6.45, 7) is 2.86. The molecule has 0 spiro atoms. The van der Waals surface area contributed by atoms with E-state index in [1.807, 2.05) is 18.2 Å². The van der Waals surface area contributed by atoms with E-state index in [2.05, 4.69) is 39.8 Å². The summed E-state index contributed by atoms with van der Waals surface area (Å²) in [6.07, 6.45) is 7.04. The quantitative estimate of drug-likeness (QED) is 0.698. The van der Waals surface area contributed by atoms with Crippen molar-refractivity contribution in [3.63, 3.8) is 0 Å². The number of benzene rings is 1. The summed E-state index contributed by atoms with van der Waals surface area (Å²) in [6, 6.07) is 10.8. The Morgan fingerprint density at radius 2 is 2.08 bits per heavy atom. The Bertz CT molecular complexity index is 561. The molecule has 1 aliphatic heterocycles. The van der Waals surface area contributed by atoms with Gasteiger partial charge in [-0.15, -0.1) is 0 Å². The molecule has 3 N–H and O–H groups in total. The molecule has 1 fully saturated rings. The molecule has 0 aromatic heterocycles. The largest absolute Gasteiger partial charge is 0.396 e. The van der Waals surface area contributed by atoms with Crippen LogP contribution in [0.2, 0.25) is 0 Å². The Morgan fingerprint density at radius 3 is 2.83 bits per heavy atom. The lowest BCUT2D eigenvalue weighted by Gasteiger charge is -2.25. The van der Waals surface area contributed by atoms with Gasteiger partial charge in [-0.25, -0.2) is 4.79 Å². The van der Waals surface area contributed by atoms with Crippen molar-refractivity contribution < 1.29 is 9.90 Å². The van der Waals surface area contributed by atoms with Gasteiger partial charge in [-0.3, -0.25) is 4.90 Å². The number of carbonyl (C=O) groups is 1. The number of urea groups is 1. The molecule has 1 aliphatic carbocycles. The van der Waals surface area contributed by atoms with E-state index < -0.39 is 0 Å². The number of hydrogen-bond acceptors (Lipinski definition) is 3. The predicted molar refractivity (Wildman–Crippen MR) is 94.5 cm³/mol. The maximum atomic E-state index is 12.1. The van der Waals surface area contributed by atoms with E-state index in [0.717, 1.165) is 25.9 Å². The van der Waals surface area contributed by atoms with E-state index >= 15 is 0 Å². The highest BCUT2D eigenvalue weighted by Crippen LogP contribution is 2.20. The van der Waals surface area contributed by atoms with Crippen LogP contribution in [0, 0.1) is 5.92 Å². The standard InChI is InChI=1S/C19H27N3O2/c23-14-16-8-9-17(11-16)21-19(24)20-12-18-7-4-10-22(18)13-15-5-2-1-3-6-15/h1-3,5-6,8-9,16-18,23H,4,7,10-14H2,(H2,20,21,24)/t16-,17+,18?/m0/s1. The first-order chi connectivity index (χ1) is 11.7. The molecule has 0 radical (unpaired) electrons. The van der Waals surface area contributed by atoms with E-state index in [1.54, 1.807) is 0 Å². The van der Waals surface area contributed by atoms with Gasteiger partial charge in [-0.2, -0.15) is 0 Å². The molecule has 0 bridgehead atoms. The lowest BCUT2D eigenvalue weighted by molar-refractivity contribution is 0.218. The van der Waals surface area contributed by atoms with Crippen LogP contribution in [0.5, 0.6) is 0 Å². The van der Waals surface area contributed by atoms with Crippen molar-refractivity contribution in [1.29, 1.82) is 0 Å². The molecule has 1 aromatic carbocycles. The fourth-order valence-corrected chi connectivity index (χ4v) is 3.60. The van der Waals surface area contributed by atoms with E-state index in [1.165, 1.54) is 12.0 Å². The average molecular weight is 329 g/mol. The SMILES string of the molecule is O=C(NCC1CCCN1Cc1ccccc1)N[C@@H]1C=C[C@H](CO)C1. The Morgan fingerprint density at radius 1 is 1.25 bits per heavy atom. The van der Waals surface area contributed by atoms with E-state index in [-0.39, 0.29) is 24.6 Å². The van der Waals surface area contributed by atoms with Gasteiger partial charge in [0, 0.05) is 37.7 Å². The van der Waals surface area contributed by atoms with Gasteiger partial charge in [-0.05, 0) is 31.4 Å². The zero-order valence-electron chi connectivity index (χ0n) is 14.0. The second kappa shape index (κ2) is 8.31. The molecule has 130 valence electrons. The predicted octanol–water partition coefficient (Wildman–Crippen LogP) is 1.89. The Kier molecular flexibility index (Phi) is 5.88. The molecule has 2 aliphatic rings. The second-order valence-corrected chi connectivity index (χ2v) is 6.78. The van der Waals surface area contributed by atoms with Crippen LogP contribution in [0.25, 0.3) is 0 Å². The highest BCUT2D eigenvalue weighted by Gasteiger charge is 2.25. The molecule has 5 nitrogen and oxygen atoms in total. The third-order valence-electron chi connectivity index (χ3n) is 4.95. The van der Waals surface area contributed by atoms with Crippen LogP contribution in [0.3, 0.4) is 0 Å². The molecule has 1 saturated heterocycles. The Labute approximate surface area is 143 Å². The molecule has 1 heterocycles. The number of nitrogens with one attached hydrogen (secondary N) is 2. The third kappa shape index (κ3) is 4.58. The van der Waals surface area contributed by atoms with Crippen molar-refractivity contribution in [3.05, 3.63) is 48.0 Å². The van der Waals surface area contributed by atoms with Crippen molar-refractivity contribution in [3.8, 4) is 0 Å². The van der Waals surface area contributed by atoms with Crippen LogP contribution < -0.4 is 10.6 Å². The second-order valence-electron chi connectivity index (χ2n) is 6.78. The molecular formula is C19H27N3O2. The van der Waals surface area contributed by atoms with Crippen molar-refractivity contribution in [2.24, 2.45) is 5.92 Å². The van der Waals surface area contributed by atoms with Gasteiger partial charge in [0.05, 0.1) is 0 Å². The third-order valence-corrected chi connectivity index (χ3v) is 4.95. The monoisotopic (exact) mass is 329 g/mol. The highest BCUT2D eigenvalue weighted by atomic mass is 16.3. The minimum Gasteiger partial charge on any atom is -0.396 e. The van der Waals surface area contributed by atoms with Gasteiger partial charge >= 0.3 is 6.03 Å². The number of carbonyl (C=O) groups excluding carboxylic acids is 1. The fourth-order valence-electron chi connectivity index (χ4n) is 3.60. The first kappa shape index (κ1) is 17.0. The van der Waals surface area contributed by atoms with Crippen LogP contribution in [-0.4, -0.2) is 47.8 Å². The highest BCUT2D eigenvalue weighted by molar-refractivity contribution is 5.74. The Hall–Kier alpha value is -1.85. The number of hydrogen-bond donors (Lipinski definition) is 3. The average Bonchev–Trinajstić information content (AvgIpc) is 3.23. The summed E-state index contributed by atoms with van der Waals surface area (Å²) >= 11 is 0. The van der Waals surface area contributed by atoms with E-state index in [4.69, 9.17) is 5.11 Å². The molecular weight excluding hydrogens is 302 g/mol. The van der Waals surface area contributed by atoms with Gasteiger partial charge in [0.2, 0.25) is 0 Å². The first-order valence-electron chi connectivity index (χ1n) is 8.86. The smallest absolute Gasteiger partial charge is 0.315 e. The lowest BCUT2D eigenvalue weighted by atomic mass is 10.1. The number of nitrogens with zero attached hydrogens (tertiary/aromatic N) is 1. The van der Waals surface area contributed by atoms with Crippen LogP contribution in [-0.2, 0) is 6.54 Å². The van der Waals surface area contributed by atoms with Crippen molar-refractivity contribution in [2.75, 3.05) is 19.7 Å². The number of likely N-dealkylation sites (tertiary alicyclic amines) is 1. The lowest BCUT2D eigenvalue weighted by Crippen LogP contribution is -2.46. The van der Waals surface area contributed by atoms with E-state index in [0.29, 0.717) is 12.6 Å². The van der Waals surface area contributed by atoms with Gasteiger partial charge in [0.15, 0.2) is 0 Å². The minimum atomic E-state index is -0.116. The molecule has 1 aromatic rings. The maximum absolute atomic E-state index is 12.1. The molecule has 3 atom stereocenters. The maximum Gasteiger partial charge on any atom is 0.315 e. The summed E-state index contributed by atoms with van der Waals surface area (Å²) in [7, 11) is 0. The fraction of sp³-hybridized carbons (Fsp3) is 0.526. The molecule has 1 unspecified atom stereocenters. The van der Waals surface area contributed by atoms with Crippen LogP contribution in [0.1, 0.15) is 24.8 Å². The summed E-state index contributed by atoms with van der Waals surface area (Å²) in [5, 5.41) is 15.1. The summed E-state index contributed by atoms with van der Waals surface area (Å²) in [4.78, 5) is 14.5. The molecule has 5 heteroatoms. The molecule has 24 heavy (non-hydrogen) atoms. The van der Waals surface area contributed by atoms with Gasteiger partial charge in [0.1, 0.15) is 0 Å². The molecule has 0 saturated carbocycles. The van der Waals surface area contributed by atoms with Crippen molar-refractivity contribution in [1.82, 2.24) is 15.5 Å². The van der Waals surface area contributed by atoms with Gasteiger partial charge in [0.25, 0.3) is 0 Å². The van der Waals surface area contributed by atoms with Gasteiger partial charge < -0.3 is 15.7 Å². The summed E-state index contributed by atoms with van der Waals surface area (Å²) in [5.74, 6) is 0.173. The van der Waals surface area contributed by atoms with Crippen LogP contribution in [0.4, 0.5) is 4.79 Å². The van der Waals surface area contributed by atoms with Crippen LogP contribution >= 0.6 is 0 Å². The number of amides is 2. The molecule has 3 rings (SSSR count). The minimum absolute atomic E-state index is 0.0335. The van der Waals surface area contributed by atoms with Crippen molar-refractivity contribution >= 4 is 6.03 Å². The zero-order chi connectivity index (χ0) is 16.8. The first-order valence-corrected chi connectivity index (χ1v) is 8.86. The van der Waals surface area contributed by atoms with E-state index in [9.17, 15) is 4.79 Å². The summed E-state index contributed by atoms with van der Waals surface area (Å²) < 4.78 is 0. The Balaban J connectivity index is 1.42. The zero-order valence-corrected chi connectivity index (χ0v) is 14.0. The topological polar surface area (TPSA) is 64.6 Å². The number of aliphatic hydroxyl groups is 1. The number of rotatable bonds is 6. The summed E-state index contributed by atoms with van der Waals surface area (Å²) in [5.41, 5.74) is 1.32. The van der Waals surface area contributed by atoms with Gasteiger partial charge in [-0.1, -0.05) is 42.5 Å². The molecule has 2 amide bonds.